The third-order valence-corrected chi connectivity index (χ3v) is 15.9. The Kier molecular flexibility index (Phi) is 9.47. The normalized spacial score (nSPS) is 44.1. The lowest BCUT2D eigenvalue weighted by molar-refractivity contribution is -0.273. The molecule has 5 aliphatic carbocycles. The number of hydrogen-bond donors (Lipinski definition) is 3. The van der Waals surface area contributed by atoms with Crippen molar-refractivity contribution in [1.82, 2.24) is 36.2 Å². The molecular weight excluding hydrogens is 630 g/mol. The maximum absolute atomic E-state index is 14.0. The van der Waals surface area contributed by atoms with Crippen molar-refractivity contribution in [2.45, 2.75) is 154 Å². The van der Waals surface area contributed by atoms with Gasteiger partial charge in [0, 0.05) is 37.5 Å². The van der Waals surface area contributed by atoms with Gasteiger partial charge in [0.05, 0.1) is 19.1 Å². The quantitative estimate of drug-likeness (QED) is 0.318. The molecule has 1 aromatic rings. The molecule has 0 bridgehead atoms. The minimum absolute atomic E-state index is 0.0575. The molecule has 7 aliphatic rings. The van der Waals surface area contributed by atoms with Gasteiger partial charge in [-0.1, -0.05) is 47.0 Å². The average molecular weight is 694 g/mol. The first-order chi connectivity index (χ1) is 24.1. The number of carbonyl (C=O) groups is 2. The summed E-state index contributed by atoms with van der Waals surface area (Å²) in [6.45, 7) is 11.8. The van der Waals surface area contributed by atoms with Gasteiger partial charge < -0.3 is 25.0 Å². The zero-order valence-corrected chi connectivity index (χ0v) is 31.1. The van der Waals surface area contributed by atoms with Crippen LogP contribution in [0.4, 0.5) is 4.79 Å². The number of tetrazole rings is 1. The Morgan fingerprint density at radius 2 is 1.76 bits per heavy atom. The molecule has 7 fully saturated rings. The van der Waals surface area contributed by atoms with E-state index in [-0.39, 0.29) is 36.2 Å². The second-order valence-corrected chi connectivity index (χ2v) is 18.5. The van der Waals surface area contributed by atoms with Gasteiger partial charge in [0.15, 0.2) is 11.6 Å². The zero-order chi connectivity index (χ0) is 34.7. The highest BCUT2D eigenvalue weighted by Crippen LogP contribution is 2.71. The smallest absolute Gasteiger partial charge is 0.317 e. The molecular formula is C39H63N7O4. The summed E-state index contributed by atoms with van der Waals surface area (Å²) in [6, 6.07) is 0.517. The number of urea groups is 1. The summed E-state index contributed by atoms with van der Waals surface area (Å²) in [5.74, 6) is 4.68. The molecule has 1 aromatic heterocycles. The van der Waals surface area contributed by atoms with Gasteiger partial charge >= 0.3 is 6.03 Å². The van der Waals surface area contributed by atoms with E-state index in [1.54, 1.807) is 0 Å². The average Bonchev–Trinajstić information content (AvgIpc) is 3.79. The van der Waals surface area contributed by atoms with E-state index < -0.39 is 0 Å². The molecule has 8 rings (SSSR count). The summed E-state index contributed by atoms with van der Waals surface area (Å²) in [6.07, 6.45) is 18.2. The zero-order valence-electron chi connectivity index (χ0n) is 31.1. The minimum atomic E-state index is -0.337. The largest absolute Gasteiger partial charge is 0.354 e. The second kappa shape index (κ2) is 13.6. The Hall–Kier alpha value is -2.27. The number of nitrogens with one attached hydrogen (secondary N) is 3. The number of fused-ring (bicyclic) bond motifs is 7. The third kappa shape index (κ3) is 6.07. The first kappa shape index (κ1) is 34.8. The topological polar surface area (TPSA) is 134 Å². The molecule has 0 radical (unpaired) electrons. The summed E-state index contributed by atoms with van der Waals surface area (Å²) in [7, 11) is 0. The molecule has 5 saturated carbocycles. The molecule has 50 heavy (non-hydrogen) atoms. The predicted octanol–water partition coefficient (Wildman–Crippen LogP) is 6.02. The van der Waals surface area contributed by atoms with Crippen molar-refractivity contribution in [2.24, 2.45) is 52.3 Å². The molecule has 278 valence electrons. The molecule has 0 unspecified atom stereocenters. The molecule has 2 saturated heterocycles. The number of rotatable bonds is 7. The molecule has 1 spiro atoms. The van der Waals surface area contributed by atoms with E-state index in [1.165, 1.54) is 51.4 Å². The monoisotopic (exact) mass is 693 g/mol. The highest BCUT2D eigenvalue weighted by molar-refractivity contribution is 5.78. The van der Waals surface area contributed by atoms with Gasteiger partial charge in [0.2, 0.25) is 5.91 Å². The van der Waals surface area contributed by atoms with Gasteiger partial charge in [-0.2, -0.15) is 0 Å². The van der Waals surface area contributed by atoms with Crippen LogP contribution in [0.1, 0.15) is 130 Å². The fourth-order valence-corrected chi connectivity index (χ4v) is 13.3. The summed E-state index contributed by atoms with van der Waals surface area (Å²) in [5, 5.41) is 20.0. The van der Waals surface area contributed by atoms with E-state index in [1.807, 2.05) is 4.90 Å². The van der Waals surface area contributed by atoms with E-state index in [4.69, 9.17) is 9.47 Å². The lowest BCUT2D eigenvalue weighted by atomic mass is 9.44. The Morgan fingerprint density at radius 1 is 0.940 bits per heavy atom. The van der Waals surface area contributed by atoms with Gasteiger partial charge in [-0.05, 0) is 127 Å². The van der Waals surface area contributed by atoms with Crippen LogP contribution < -0.4 is 10.6 Å². The number of aromatic amines is 1. The van der Waals surface area contributed by atoms with E-state index >= 15 is 0 Å². The van der Waals surface area contributed by atoms with Crippen LogP contribution in [0.3, 0.4) is 0 Å². The molecule has 12 atom stereocenters. The summed E-state index contributed by atoms with van der Waals surface area (Å²) in [5.41, 5.74) is 0.705. The van der Waals surface area contributed by atoms with Crippen LogP contribution >= 0.6 is 0 Å². The van der Waals surface area contributed by atoms with E-state index in [9.17, 15) is 9.59 Å². The van der Waals surface area contributed by atoms with Crippen LogP contribution in [0.25, 0.3) is 0 Å². The van der Waals surface area contributed by atoms with Crippen molar-refractivity contribution in [3.8, 4) is 0 Å². The van der Waals surface area contributed by atoms with E-state index in [2.05, 4.69) is 59.0 Å². The Labute approximate surface area is 298 Å². The number of H-pyrrole nitrogens is 1. The fourth-order valence-electron chi connectivity index (χ4n) is 13.3. The maximum Gasteiger partial charge on any atom is 0.317 e. The molecule has 0 aromatic carbocycles. The van der Waals surface area contributed by atoms with E-state index in [0.717, 1.165) is 69.3 Å². The van der Waals surface area contributed by atoms with Gasteiger partial charge in [-0.25, -0.2) is 9.89 Å². The van der Waals surface area contributed by atoms with Gasteiger partial charge in [0.25, 0.3) is 0 Å². The summed E-state index contributed by atoms with van der Waals surface area (Å²) >= 11 is 0. The van der Waals surface area contributed by atoms with Crippen LogP contribution in [-0.4, -0.2) is 81.1 Å². The van der Waals surface area contributed by atoms with Crippen molar-refractivity contribution in [3.63, 3.8) is 0 Å². The Balaban J connectivity index is 0.884. The Bertz CT molecular complexity index is 1360. The van der Waals surface area contributed by atoms with Gasteiger partial charge in [-0.3, -0.25) is 4.79 Å². The van der Waals surface area contributed by atoms with Crippen LogP contribution in [0.5, 0.6) is 0 Å². The highest BCUT2D eigenvalue weighted by atomic mass is 16.7. The number of amides is 3. The first-order valence-electron chi connectivity index (χ1n) is 20.5. The molecule has 3 amide bonds. The van der Waals surface area contributed by atoms with Crippen molar-refractivity contribution >= 4 is 11.9 Å². The SMILES string of the molecule is C[C@H]1CC[C@@]2(OC1)O[C@H]1C[C@H]3[C@@H]4CC[C@@H]5C[C@H](NC(=O)N(CCNC(=O)Cc6nnn[nH]6)C6CCCCC6)CC[C@]5(C)[C@H]4CC[C@]3(C)[C@H]1[C@@H]2C. The number of aromatic nitrogens is 4. The van der Waals surface area contributed by atoms with Crippen molar-refractivity contribution in [1.29, 1.82) is 0 Å². The maximum atomic E-state index is 14.0. The van der Waals surface area contributed by atoms with Gasteiger partial charge in [-0.15, -0.1) is 5.10 Å². The van der Waals surface area contributed by atoms with Crippen LogP contribution in [0.15, 0.2) is 0 Å². The van der Waals surface area contributed by atoms with Crippen molar-refractivity contribution in [3.05, 3.63) is 5.82 Å². The summed E-state index contributed by atoms with van der Waals surface area (Å²) < 4.78 is 13.6. The molecule has 3 N–H and O–H groups in total. The molecule has 11 heteroatoms. The lowest BCUT2D eigenvalue weighted by Crippen LogP contribution is -2.57. The molecule has 11 nitrogen and oxygen atoms in total. The number of hydrogen-bond acceptors (Lipinski definition) is 7. The third-order valence-electron chi connectivity index (χ3n) is 15.9. The standard InChI is InChI=1S/C39H63N7O4/c1-24-12-17-39(49-23-24)25(2)35-32(50-39)21-31-29-11-10-26-20-27(13-15-37(26,3)30(29)14-16-38(31,35)4)41-36(48)46(28-8-6-5-7-9-28)19-18-40-34(47)22-33-42-44-45-43-33/h24-32,35H,5-23H2,1-4H3,(H,40,47)(H,41,48)(H,42,43,44,45)/t24-,25-,26+,27+,29+,30-,31-,32-,35-,37-,38-,39+/m0/s1. The van der Waals surface area contributed by atoms with Crippen molar-refractivity contribution in [2.75, 3.05) is 19.7 Å². The fraction of sp³-hybridized carbons (Fsp3) is 0.923. The van der Waals surface area contributed by atoms with Crippen molar-refractivity contribution < 1.29 is 19.1 Å². The summed E-state index contributed by atoms with van der Waals surface area (Å²) in [4.78, 5) is 28.5. The van der Waals surface area contributed by atoms with Crippen LogP contribution in [0.2, 0.25) is 0 Å². The second-order valence-electron chi connectivity index (χ2n) is 18.5. The molecule has 3 heterocycles. The van der Waals surface area contributed by atoms with Crippen LogP contribution in [-0.2, 0) is 20.7 Å². The number of nitrogens with zero attached hydrogens (tertiary/aromatic N) is 4. The van der Waals surface area contributed by atoms with Gasteiger partial charge in [0.1, 0.15) is 0 Å². The first-order valence-corrected chi connectivity index (χ1v) is 20.5. The van der Waals surface area contributed by atoms with E-state index in [0.29, 0.717) is 59.5 Å². The van der Waals surface area contributed by atoms with Crippen LogP contribution in [0, 0.1) is 52.3 Å². The molecule has 2 aliphatic heterocycles. The predicted molar refractivity (Wildman–Crippen MR) is 189 cm³/mol. The Morgan fingerprint density at radius 3 is 2.52 bits per heavy atom. The minimum Gasteiger partial charge on any atom is -0.354 e. The highest BCUT2D eigenvalue weighted by Gasteiger charge is 2.69. The number of carbonyl (C=O) groups excluding carboxylic acids is 2. The number of ether oxygens (including phenoxy) is 2. The lowest BCUT2D eigenvalue weighted by Gasteiger charge is -2.61.